The summed E-state index contributed by atoms with van der Waals surface area (Å²) in [5, 5.41) is 12.4. The van der Waals surface area contributed by atoms with E-state index < -0.39 is 23.8 Å². The molecule has 1 aromatic carbocycles. The van der Waals surface area contributed by atoms with Crippen molar-refractivity contribution in [1.82, 2.24) is 9.88 Å². The summed E-state index contributed by atoms with van der Waals surface area (Å²) in [4.78, 5) is 39.3. The average molecular weight is 322 g/mol. The van der Waals surface area contributed by atoms with Crippen LogP contribution in [0.1, 0.15) is 24.8 Å². The van der Waals surface area contributed by atoms with E-state index in [1.54, 1.807) is 6.20 Å². The minimum absolute atomic E-state index is 0. The Morgan fingerprint density at radius 2 is 1.87 bits per heavy atom. The third-order valence-electron chi connectivity index (χ3n) is 3.99. The molecule has 3 rings (SSSR count). The zero-order valence-corrected chi connectivity index (χ0v) is 14.9. The molecule has 0 radical (unpaired) electrons. The number of benzene rings is 1. The topological polar surface area (TPSA) is 93.3 Å². The van der Waals surface area contributed by atoms with Crippen LogP contribution in [0.15, 0.2) is 30.5 Å². The van der Waals surface area contributed by atoms with Crippen LogP contribution >= 0.6 is 0 Å². The number of aliphatic carboxylic acids is 1. The Bertz CT molecular complexity index is 739. The minimum atomic E-state index is -1.41. The molecule has 114 valence electrons. The molecule has 2 heterocycles. The number of imide groups is 1. The molecule has 0 saturated carbocycles. The van der Waals surface area contributed by atoms with Gasteiger partial charge in [0.05, 0.1) is 12.0 Å². The molecule has 0 aliphatic carbocycles. The molecular weight excluding hydrogens is 307 g/mol. The number of carboxylic acids is 1. The number of hydrogen-bond donors (Lipinski definition) is 1. The van der Waals surface area contributed by atoms with Gasteiger partial charge in [0, 0.05) is 36.4 Å². The fourth-order valence-corrected chi connectivity index (χ4v) is 2.91. The zero-order valence-electron chi connectivity index (χ0n) is 12.9. The van der Waals surface area contributed by atoms with Crippen molar-refractivity contribution in [3.05, 3.63) is 36.0 Å². The van der Waals surface area contributed by atoms with E-state index in [4.69, 9.17) is 0 Å². The third-order valence-corrected chi connectivity index (χ3v) is 3.99. The van der Waals surface area contributed by atoms with E-state index >= 15 is 0 Å². The van der Waals surface area contributed by atoms with Crippen molar-refractivity contribution in [3.63, 3.8) is 0 Å². The van der Waals surface area contributed by atoms with E-state index in [2.05, 4.69) is 4.98 Å². The molecule has 1 atom stereocenters. The molecule has 1 aromatic heterocycles. The number of para-hydroxylation sites is 1. The Hall–Kier alpha value is -1.63. The standard InChI is InChI=1S/C16H16N2O4.Na/c19-14-6-3-7-15(20)18(14)13(16(21)22)8-10-9-17-12-5-2-1-4-11(10)12;/h1-2,4-5,9,13,17H,3,6-8H2,(H,21,22);/q;+1/p-1/t13-;/m0./s1. The van der Waals surface area contributed by atoms with Crippen molar-refractivity contribution in [2.24, 2.45) is 0 Å². The Balaban J connectivity index is 0.00000192. The predicted octanol–water partition coefficient (Wildman–Crippen LogP) is -2.63. The molecule has 6 nitrogen and oxygen atoms in total. The predicted molar refractivity (Wildman–Crippen MR) is 76.5 cm³/mol. The van der Waals surface area contributed by atoms with Crippen LogP contribution in [-0.2, 0) is 20.8 Å². The van der Waals surface area contributed by atoms with E-state index in [0.717, 1.165) is 21.4 Å². The van der Waals surface area contributed by atoms with Crippen molar-refractivity contribution in [1.29, 1.82) is 0 Å². The summed E-state index contributed by atoms with van der Waals surface area (Å²) in [5.41, 5.74) is 1.63. The molecule has 0 bridgehead atoms. The first-order valence-corrected chi connectivity index (χ1v) is 7.18. The molecule has 1 fully saturated rings. The van der Waals surface area contributed by atoms with E-state index in [1.165, 1.54) is 0 Å². The van der Waals surface area contributed by atoms with Crippen LogP contribution in [0.2, 0.25) is 0 Å². The van der Waals surface area contributed by atoms with E-state index in [1.807, 2.05) is 24.3 Å². The summed E-state index contributed by atoms with van der Waals surface area (Å²) in [6.07, 6.45) is 2.62. The van der Waals surface area contributed by atoms with Gasteiger partial charge in [0.1, 0.15) is 0 Å². The second-order valence-corrected chi connectivity index (χ2v) is 5.41. The number of H-pyrrole nitrogens is 1. The molecule has 2 amide bonds. The molecule has 0 unspecified atom stereocenters. The molecule has 2 aromatic rings. The molecule has 0 spiro atoms. The van der Waals surface area contributed by atoms with Gasteiger partial charge in [0.25, 0.3) is 0 Å². The SMILES string of the molecule is O=C([O-])[C@H](Cc1c[nH]c2ccccc12)N1C(=O)CCCC1=O.[Na+]. The summed E-state index contributed by atoms with van der Waals surface area (Å²) < 4.78 is 0. The number of nitrogens with one attached hydrogen (secondary N) is 1. The molecule has 7 heteroatoms. The minimum Gasteiger partial charge on any atom is -0.548 e. The van der Waals surface area contributed by atoms with Crippen LogP contribution in [0.5, 0.6) is 0 Å². The van der Waals surface area contributed by atoms with Gasteiger partial charge in [-0.1, -0.05) is 18.2 Å². The van der Waals surface area contributed by atoms with E-state index in [0.29, 0.717) is 6.42 Å². The van der Waals surface area contributed by atoms with Gasteiger partial charge in [-0.3, -0.25) is 14.5 Å². The number of rotatable bonds is 4. The number of aromatic nitrogens is 1. The van der Waals surface area contributed by atoms with Gasteiger partial charge in [-0.15, -0.1) is 0 Å². The summed E-state index contributed by atoms with van der Waals surface area (Å²) in [7, 11) is 0. The smallest absolute Gasteiger partial charge is 0.548 e. The number of carboxylic acid groups (broad SMARTS) is 1. The Morgan fingerprint density at radius 3 is 2.52 bits per heavy atom. The number of carbonyl (C=O) groups is 3. The first-order chi connectivity index (χ1) is 10.6. The normalized spacial score (nSPS) is 16.3. The maximum Gasteiger partial charge on any atom is 1.00 e. The second-order valence-electron chi connectivity index (χ2n) is 5.41. The van der Waals surface area contributed by atoms with Gasteiger partial charge in [0.2, 0.25) is 11.8 Å². The molecule has 23 heavy (non-hydrogen) atoms. The number of fused-ring (bicyclic) bond motifs is 1. The average Bonchev–Trinajstić information content (AvgIpc) is 2.89. The van der Waals surface area contributed by atoms with Gasteiger partial charge in [0.15, 0.2) is 0 Å². The number of aromatic amines is 1. The number of carbonyl (C=O) groups excluding carboxylic acids is 3. The maximum atomic E-state index is 11.9. The van der Waals surface area contributed by atoms with Crippen molar-refractivity contribution < 1.29 is 49.0 Å². The second kappa shape index (κ2) is 7.29. The van der Waals surface area contributed by atoms with Crippen molar-refractivity contribution in [2.75, 3.05) is 0 Å². The number of hydrogen-bond acceptors (Lipinski definition) is 4. The Labute approximate surface area is 155 Å². The zero-order chi connectivity index (χ0) is 15.7. The first kappa shape index (κ1) is 17.7. The van der Waals surface area contributed by atoms with Gasteiger partial charge >= 0.3 is 29.6 Å². The molecule has 1 aliphatic rings. The fraction of sp³-hybridized carbons (Fsp3) is 0.312. The van der Waals surface area contributed by atoms with Gasteiger partial charge in [-0.2, -0.15) is 0 Å². The summed E-state index contributed by atoms with van der Waals surface area (Å²) in [6, 6.07) is 6.21. The molecule has 1 aliphatic heterocycles. The van der Waals surface area contributed by atoms with Crippen LogP contribution in [0.3, 0.4) is 0 Å². The first-order valence-electron chi connectivity index (χ1n) is 7.18. The monoisotopic (exact) mass is 322 g/mol. The van der Waals surface area contributed by atoms with Crippen LogP contribution in [0, 0.1) is 0 Å². The van der Waals surface area contributed by atoms with Crippen LogP contribution in [0.4, 0.5) is 0 Å². The largest absolute Gasteiger partial charge is 1.00 e. The number of nitrogens with zero attached hydrogens (tertiary/aromatic N) is 1. The molecule has 1 N–H and O–H groups in total. The van der Waals surface area contributed by atoms with Gasteiger partial charge < -0.3 is 14.9 Å². The molecule has 1 saturated heterocycles. The summed E-state index contributed by atoms with van der Waals surface area (Å²) in [5.74, 6) is -2.29. The number of likely N-dealkylation sites (tertiary alicyclic amines) is 1. The van der Waals surface area contributed by atoms with E-state index in [9.17, 15) is 19.5 Å². The Morgan fingerprint density at radius 1 is 1.22 bits per heavy atom. The van der Waals surface area contributed by atoms with Crippen LogP contribution in [0.25, 0.3) is 10.9 Å². The summed E-state index contributed by atoms with van der Waals surface area (Å²) in [6.45, 7) is 0. The Kier molecular flexibility index (Phi) is 5.62. The van der Waals surface area contributed by atoms with E-state index in [-0.39, 0.29) is 48.8 Å². The number of amides is 2. The van der Waals surface area contributed by atoms with Crippen LogP contribution < -0.4 is 34.7 Å². The third kappa shape index (κ3) is 3.49. The van der Waals surface area contributed by atoms with Gasteiger partial charge in [-0.25, -0.2) is 0 Å². The van der Waals surface area contributed by atoms with Crippen molar-refractivity contribution in [3.8, 4) is 0 Å². The van der Waals surface area contributed by atoms with Gasteiger partial charge in [-0.05, 0) is 18.1 Å². The maximum absolute atomic E-state index is 11.9. The van der Waals surface area contributed by atoms with Crippen molar-refractivity contribution >= 4 is 28.7 Å². The molecular formula is C16H15N2NaO4. The van der Waals surface area contributed by atoms with Crippen LogP contribution in [-0.4, -0.2) is 33.7 Å². The fourth-order valence-electron chi connectivity index (χ4n) is 2.91. The quantitative estimate of drug-likeness (QED) is 0.492. The summed E-state index contributed by atoms with van der Waals surface area (Å²) >= 11 is 0. The van der Waals surface area contributed by atoms with Crippen molar-refractivity contribution in [2.45, 2.75) is 31.7 Å². The number of piperidine rings is 1.